The molecule has 0 aliphatic heterocycles. The zero-order valence-electron chi connectivity index (χ0n) is 10.7. The molecule has 1 unspecified atom stereocenters. The van der Waals surface area contributed by atoms with Gasteiger partial charge in [-0.15, -0.1) is 0 Å². The molecule has 2 rings (SSSR count). The van der Waals surface area contributed by atoms with Crippen LogP contribution in [-0.4, -0.2) is 11.7 Å². The Kier molecular flexibility index (Phi) is 5.02. The Hall–Kier alpha value is -1.10. The fourth-order valence-electron chi connectivity index (χ4n) is 1.92. The summed E-state index contributed by atoms with van der Waals surface area (Å²) in [6.45, 7) is 2.30. The molecule has 0 bridgehead atoms. The number of benzene rings is 2. The summed E-state index contributed by atoms with van der Waals surface area (Å²) in [6, 6.07) is 9.78. The van der Waals surface area contributed by atoms with Crippen LogP contribution in [0.25, 0.3) is 0 Å². The lowest BCUT2D eigenvalue weighted by Crippen LogP contribution is -2.06. The highest BCUT2D eigenvalue weighted by molar-refractivity contribution is 9.10. The van der Waals surface area contributed by atoms with Crippen LogP contribution in [0.5, 0.6) is 5.75 Å². The number of aliphatic hydroxyl groups is 1. The summed E-state index contributed by atoms with van der Waals surface area (Å²) in [7, 11) is 0. The van der Waals surface area contributed by atoms with Gasteiger partial charge in [0.1, 0.15) is 17.7 Å². The first kappa shape index (κ1) is 15.3. The minimum atomic E-state index is -1.15. The molecule has 0 saturated carbocycles. The van der Waals surface area contributed by atoms with Gasteiger partial charge in [0.25, 0.3) is 0 Å². The molecular weight excluding hydrogens is 347 g/mol. The van der Waals surface area contributed by atoms with Gasteiger partial charge in [-0.1, -0.05) is 39.7 Å². The molecule has 0 fully saturated rings. The van der Waals surface area contributed by atoms with Crippen LogP contribution in [0.3, 0.4) is 0 Å². The van der Waals surface area contributed by atoms with E-state index in [1.165, 1.54) is 12.1 Å². The summed E-state index contributed by atoms with van der Waals surface area (Å²) in [5.41, 5.74) is 0.610. The molecule has 0 radical (unpaired) electrons. The van der Waals surface area contributed by atoms with E-state index in [9.17, 15) is 9.50 Å². The molecule has 0 amide bonds. The van der Waals surface area contributed by atoms with Crippen LogP contribution in [0.2, 0.25) is 5.02 Å². The third-order valence-corrected chi connectivity index (χ3v) is 3.63. The molecule has 0 spiro atoms. The molecule has 2 nitrogen and oxygen atoms in total. The van der Waals surface area contributed by atoms with Crippen LogP contribution >= 0.6 is 27.5 Å². The molecule has 0 saturated heterocycles. The number of halogens is 3. The summed E-state index contributed by atoms with van der Waals surface area (Å²) in [5.74, 6) is -0.105. The summed E-state index contributed by atoms with van der Waals surface area (Å²) in [6.07, 6.45) is -1.15. The van der Waals surface area contributed by atoms with Gasteiger partial charge in [0.2, 0.25) is 0 Å². The van der Waals surface area contributed by atoms with Crippen LogP contribution in [0.4, 0.5) is 4.39 Å². The Morgan fingerprint density at radius 1 is 1.30 bits per heavy atom. The van der Waals surface area contributed by atoms with Crippen molar-refractivity contribution in [3.8, 4) is 5.75 Å². The standard InChI is InChI=1S/C15H13BrClFO2/c1-2-20-13-7-6-9(16)8-11(13)15(19)10-4-3-5-12(17)14(10)18/h3-8,15,19H,2H2,1H3. The normalized spacial score (nSPS) is 12.2. The first-order valence-electron chi connectivity index (χ1n) is 6.08. The second kappa shape index (κ2) is 6.57. The number of hydrogen-bond acceptors (Lipinski definition) is 2. The molecule has 0 heterocycles. The predicted molar refractivity (Wildman–Crippen MR) is 80.8 cm³/mol. The maximum absolute atomic E-state index is 14.0. The van der Waals surface area contributed by atoms with Gasteiger partial charge in [-0.25, -0.2) is 4.39 Å². The van der Waals surface area contributed by atoms with Crippen molar-refractivity contribution in [1.82, 2.24) is 0 Å². The van der Waals surface area contributed by atoms with E-state index in [0.717, 1.165) is 4.47 Å². The fraction of sp³-hybridized carbons (Fsp3) is 0.200. The molecule has 20 heavy (non-hydrogen) atoms. The van der Waals surface area contributed by atoms with Crippen LogP contribution in [-0.2, 0) is 0 Å². The van der Waals surface area contributed by atoms with E-state index in [2.05, 4.69) is 15.9 Å². The van der Waals surface area contributed by atoms with Crippen molar-refractivity contribution >= 4 is 27.5 Å². The lowest BCUT2D eigenvalue weighted by molar-refractivity contribution is 0.207. The summed E-state index contributed by atoms with van der Waals surface area (Å²) >= 11 is 9.09. The maximum atomic E-state index is 14.0. The number of rotatable bonds is 4. The molecule has 5 heteroatoms. The predicted octanol–water partition coefficient (Wildman–Crippen LogP) is 4.72. The molecular formula is C15H13BrClFO2. The molecule has 2 aromatic rings. The summed E-state index contributed by atoms with van der Waals surface area (Å²) in [5, 5.41) is 10.4. The van der Waals surface area contributed by atoms with Crippen LogP contribution in [0.1, 0.15) is 24.2 Å². The molecule has 0 aliphatic carbocycles. The minimum absolute atomic E-state index is 0.0190. The first-order chi connectivity index (χ1) is 9.54. The first-order valence-corrected chi connectivity index (χ1v) is 7.26. The topological polar surface area (TPSA) is 29.5 Å². The van der Waals surface area contributed by atoms with Gasteiger partial charge in [-0.3, -0.25) is 0 Å². The Bertz CT molecular complexity index is 619. The quantitative estimate of drug-likeness (QED) is 0.856. The molecule has 0 aliphatic rings. The van der Waals surface area contributed by atoms with E-state index in [4.69, 9.17) is 16.3 Å². The van der Waals surface area contributed by atoms with Crippen molar-refractivity contribution in [3.63, 3.8) is 0 Å². The zero-order chi connectivity index (χ0) is 14.7. The lowest BCUT2D eigenvalue weighted by Gasteiger charge is -2.17. The van der Waals surface area contributed by atoms with Crippen molar-refractivity contribution in [1.29, 1.82) is 0 Å². The number of aliphatic hydroxyl groups excluding tert-OH is 1. The highest BCUT2D eigenvalue weighted by Gasteiger charge is 2.20. The number of ether oxygens (including phenoxy) is 1. The van der Waals surface area contributed by atoms with Crippen molar-refractivity contribution in [2.24, 2.45) is 0 Å². The van der Waals surface area contributed by atoms with Crippen LogP contribution in [0.15, 0.2) is 40.9 Å². The number of hydrogen-bond donors (Lipinski definition) is 1. The minimum Gasteiger partial charge on any atom is -0.493 e. The molecule has 1 N–H and O–H groups in total. The Labute approximate surface area is 130 Å². The van der Waals surface area contributed by atoms with E-state index in [0.29, 0.717) is 17.9 Å². The molecule has 2 aromatic carbocycles. The lowest BCUT2D eigenvalue weighted by atomic mass is 10.00. The Morgan fingerprint density at radius 2 is 2.05 bits per heavy atom. The van der Waals surface area contributed by atoms with Gasteiger partial charge >= 0.3 is 0 Å². The van der Waals surface area contributed by atoms with Gasteiger partial charge in [0, 0.05) is 15.6 Å². The second-order valence-electron chi connectivity index (χ2n) is 4.16. The van der Waals surface area contributed by atoms with E-state index in [1.54, 1.807) is 24.3 Å². The van der Waals surface area contributed by atoms with E-state index >= 15 is 0 Å². The molecule has 0 aromatic heterocycles. The van der Waals surface area contributed by atoms with Crippen molar-refractivity contribution in [2.75, 3.05) is 6.61 Å². The van der Waals surface area contributed by atoms with Crippen molar-refractivity contribution in [2.45, 2.75) is 13.0 Å². The SMILES string of the molecule is CCOc1ccc(Br)cc1C(O)c1cccc(Cl)c1F. The second-order valence-corrected chi connectivity index (χ2v) is 5.48. The van der Waals surface area contributed by atoms with Crippen LogP contribution < -0.4 is 4.74 Å². The van der Waals surface area contributed by atoms with Gasteiger partial charge < -0.3 is 9.84 Å². The van der Waals surface area contributed by atoms with Gasteiger partial charge in [0.05, 0.1) is 11.6 Å². The highest BCUT2D eigenvalue weighted by atomic mass is 79.9. The van der Waals surface area contributed by atoms with Crippen LogP contribution in [0, 0.1) is 5.82 Å². The molecule has 106 valence electrons. The van der Waals surface area contributed by atoms with Gasteiger partial charge in [0.15, 0.2) is 0 Å². The average molecular weight is 360 g/mol. The largest absolute Gasteiger partial charge is 0.493 e. The summed E-state index contributed by atoms with van der Waals surface area (Å²) in [4.78, 5) is 0. The van der Waals surface area contributed by atoms with E-state index < -0.39 is 11.9 Å². The van der Waals surface area contributed by atoms with Gasteiger partial charge in [-0.05, 0) is 31.2 Å². The molecule has 1 atom stereocenters. The van der Waals surface area contributed by atoms with Crippen molar-refractivity contribution < 1.29 is 14.2 Å². The Morgan fingerprint density at radius 3 is 2.75 bits per heavy atom. The Balaban J connectivity index is 2.49. The van der Waals surface area contributed by atoms with Gasteiger partial charge in [-0.2, -0.15) is 0 Å². The zero-order valence-corrected chi connectivity index (χ0v) is 13.1. The maximum Gasteiger partial charge on any atom is 0.147 e. The average Bonchev–Trinajstić information content (AvgIpc) is 2.43. The monoisotopic (exact) mass is 358 g/mol. The smallest absolute Gasteiger partial charge is 0.147 e. The third-order valence-electron chi connectivity index (χ3n) is 2.84. The van der Waals surface area contributed by atoms with Crippen molar-refractivity contribution in [3.05, 3.63) is 62.8 Å². The summed E-state index contributed by atoms with van der Waals surface area (Å²) < 4.78 is 20.3. The van der Waals surface area contributed by atoms with E-state index in [-0.39, 0.29) is 10.6 Å². The third kappa shape index (κ3) is 3.14. The highest BCUT2D eigenvalue weighted by Crippen LogP contribution is 2.34. The fourth-order valence-corrected chi connectivity index (χ4v) is 2.48. The van der Waals surface area contributed by atoms with E-state index in [1.807, 2.05) is 6.92 Å².